The summed E-state index contributed by atoms with van der Waals surface area (Å²) >= 11 is 0. The van der Waals surface area contributed by atoms with Crippen LogP contribution in [0.3, 0.4) is 0 Å². The SMILES string of the molecule is CCN(CC)CCCN1C(=O)c2ccc(C(=O)Oc3ccc(-c4c5/c(=C(\C#N)c6nc7ccccc7o6)n(B(c6ccccc6)c6ccccc6)c(-c6ccc(OC(=O)c7ccc8c(c7)C(=O)N(CCCN(CC)CC)C8=O)cc6)c5/c(=C(\C#N)c5nc6ccccc6o5)n4B(c4ccccc4)c4ccccc4)cc3)cc2C1=O. The van der Waals surface area contributed by atoms with Crippen LogP contribution in [0.4, 0.5) is 0 Å². The Balaban J connectivity index is 0.959. The number of hydrogen-bond acceptors (Lipinski definition) is 16. The summed E-state index contributed by atoms with van der Waals surface area (Å²) in [5, 5.41) is 26.5. The maximum atomic E-state index is 14.6. The molecule has 0 atom stereocenters. The van der Waals surface area contributed by atoms with Gasteiger partial charge < -0.3 is 37.1 Å². The van der Waals surface area contributed by atoms with Crippen molar-refractivity contribution in [3.63, 3.8) is 0 Å². The van der Waals surface area contributed by atoms with E-state index >= 15 is 0 Å². The van der Waals surface area contributed by atoms with E-state index in [0.717, 1.165) is 48.0 Å². The van der Waals surface area contributed by atoms with Crippen LogP contribution in [0.15, 0.2) is 264 Å². The van der Waals surface area contributed by atoms with Crippen LogP contribution in [-0.4, -0.2) is 140 Å². The van der Waals surface area contributed by atoms with E-state index in [-0.39, 0.29) is 80.9 Å². The number of benzene rings is 10. The van der Waals surface area contributed by atoms with Crippen molar-refractivity contribution < 1.29 is 47.1 Å². The molecule has 0 saturated carbocycles. The molecule has 0 unspecified atom stereocenters. The van der Waals surface area contributed by atoms with Gasteiger partial charge in [0.15, 0.2) is 11.2 Å². The number of ether oxygens (including phenoxy) is 2. The smallest absolute Gasteiger partial charge is 0.343 e. The number of carbonyl (C=O) groups is 6. The second-order valence-corrected chi connectivity index (χ2v) is 27.9. The van der Waals surface area contributed by atoms with Crippen molar-refractivity contribution in [3.8, 4) is 46.2 Å². The van der Waals surface area contributed by atoms with Gasteiger partial charge in [-0.3, -0.25) is 29.0 Å². The zero-order chi connectivity index (χ0) is 78.7. The van der Waals surface area contributed by atoms with Crippen LogP contribution in [0.1, 0.15) is 114 Å². The van der Waals surface area contributed by atoms with Gasteiger partial charge in [-0.15, -0.1) is 0 Å². The average molecular weight is 1500 g/mol. The van der Waals surface area contributed by atoms with Gasteiger partial charge in [0, 0.05) is 35.2 Å². The monoisotopic (exact) mass is 1500 g/mol. The number of aromatic nitrogens is 4. The quantitative estimate of drug-likeness (QED) is 0.0212. The molecule has 10 aromatic carbocycles. The van der Waals surface area contributed by atoms with Crippen LogP contribution in [0.2, 0.25) is 0 Å². The second-order valence-electron chi connectivity index (χ2n) is 27.9. The van der Waals surface area contributed by atoms with Crippen LogP contribution in [0.25, 0.3) is 66.6 Å². The van der Waals surface area contributed by atoms with E-state index in [1.807, 2.05) is 146 Å². The highest BCUT2D eigenvalue weighted by Crippen LogP contribution is 2.39. The van der Waals surface area contributed by atoms with Crippen LogP contribution in [0, 0.1) is 22.7 Å². The van der Waals surface area contributed by atoms with E-state index in [4.69, 9.17) is 28.3 Å². The van der Waals surface area contributed by atoms with E-state index < -0.39 is 49.3 Å². The van der Waals surface area contributed by atoms with Crippen molar-refractivity contribution in [3.05, 3.63) is 311 Å². The van der Waals surface area contributed by atoms with Crippen molar-refractivity contribution in [2.45, 2.75) is 40.5 Å². The molecule has 16 rings (SSSR count). The summed E-state index contributed by atoms with van der Waals surface area (Å²) in [6.45, 7) is 11.8. The number of rotatable bonds is 26. The third-order valence-corrected chi connectivity index (χ3v) is 21.4. The second kappa shape index (κ2) is 32.1. The van der Waals surface area contributed by atoms with Crippen molar-refractivity contribution in [1.29, 1.82) is 10.5 Å². The van der Waals surface area contributed by atoms with Crippen LogP contribution < -0.4 is 42.0 Å². The Kier molecular flexibility index (Phi) is 20.9. The third-order valence-electron chi connectivity index (χ3n) is 21.4. The highest BCUT2D eigenvalue weighted by molar-refractivity contribution is 6.85. The molecule has 0 N–H and O–H groups in total. The molecule has 2 aliphatic rings. The highest BCUT2D eigenvalue weighted by atomic mass is 16.5. The Labute approximate surface area is 657 Å². The average Bonchev–Trinajstić information content (AvgIpc) is 1.52. The van der Waals surface area contributed by atoms with Crippen LogP contribution in [0.5, 0.6) is 11.5 Å². The number of hydrogen-bond donors (Lipinski definition) is 0. The van der Waals surface area contributed by atoms with E-state index in [1.165, 1.54) is 46.2 Å². The number of fused-ring (bicyclic) bond motifs is 5. The number of esters is 2. The number of carbonyl (C=O) groups excluding carboxylic acids is 6. The van der Waals surface area contributed by atoms with Gasteiger partial charge in [0.2, 0.25) is 11.8 Å². The minimum atomic E-state index is -0.833. The van der Waals surface area contributed by atoms with Gasteiger partial charge in [-0.05, 0) is 172 Å². The molecule has 14 aromatic rings. The van der Waals surface area contributed by atoms with Gasteiger partial charge in [-0.25, -0.2) is 19.6 Å². The van der Waals surface area contributed by atoms with Gasteiger partial charge in [0.25, 0.3) is 23.6 Å². The van der Waals surface area contributed by atoms with Gasteiger partial charge in [-0.1, -0.05) is 195 Å². The fraction of sp³-hybridized carbons (Fsp3) is 0.152. The summed E-state index contributed by atoms with van der Waals surface area (Å²) in [4.78, 5) is 102. The molecular weight excluding hydrogens is 1430 g/mol. The minimum absolute atomic E-state index is 0.00809. The summed E-state index contributed by atoms with van der Waals surface area (Å²) in [5.74, 6) is -3.22. The fourth-order valence-electron chi connectivity index (χ4n) is 15.8. The number of imide groups is 2. The first-order chi connectivity index (χ1) is 55.8. The predicted molar refractivity (Wildman–Crippen MR) is 439 cm³/mol. The molecule has 0 fully saturated rings. The first kappa shape index (κ1) is 74.1. The molecular formula is C92H74B2N10O10. The molecule has 4 amide bonds. The first-order valence-electron chi connectivity index (χ1n) is 38.2. The molecule has 0 spiro atoms. The summed E-state index contributed by atoms with van der Waals surface area (Å²) in [6.07, 6.45) is 1.17. The minimum Gasteiger partial charge on any atom is -0.435 e. The van der Waals surface area contributed by atoms with Crippen LogP contribution in [-0.2, 0) is 0 Å². The van der Waals surface area contributed by atoms with E-state index in [2.05, 4.69) is 58.6 Å². The molecule has 6 heterocycles. The molecule has 0 saturated heterocycles. The Morgan fingerprint density at radius 3 is 1.06 bits per heavy atom. The predicted octanol–water partition coefficient (Wildman–Crippen LogP) is 11.9. The molecule has 558 valence electrons. The molecule has 20 nitrogen and oxygen atoms in total. The Hall–Kier alpha value is -14.1. The molecule has 4 aromatic heterocycles. The van der Waals surface area contributed by atoms with Crippen molar-refractivity contribution in [2.24, 2.45) is 0 Å². The summed E-state index contributed by atoms with van der Waals surface area (Å²) < 4.78 is 30.3. The van der Waals surface area contributed by atoms with E-state index in [9.17, 15) is 39.3 Å². The molecule has 22 heteroatoms. The molecule has 0 radical (unpaired) electrons. The summed E-state index contributed by atoms with van der Waals surface area (Å²) in [7, 11) is 0. The van der Waals surface area contributed by atoms with E-state index in [0.29, 0.717) is 92.1 Å². The number of amides is 4. The zero-order valence-corrected chi connectivity index (χ0v) is 63.0. The van der Waals surface area contributed by atoms with Crippen molar-refractivity contribution in [2.75, 3.05) is 52.4 Å². The first-order valence-corrected chi connectivity index (χ1v) is 38.2. The van der Waals surface area contributed by atoms with Crippen molar-refractivity contribution in [1.82, 2.24) is 38.5 Å². The molecule has 114 heavy (non-hydrogen) atoms. The number of para-hydroxylation sites is 4. The maximum Gasteiger partial charge on any atom is 0.343 e. The van der Waals surface area contributed by atoms with Crippen molar-refractivity contribution >= 4 is 115 Å². The summed E-state index contributed by atoms with van der Waals surface area (Å²) in [6, 6.07) is 81.7. The molecule has 0 bridgehead atoms. The lowest BCUT2D eigenvalue weighted by atomic mass is 9.50. The lowest BCUT2D eigenvalue weighted by Gasteiger charge is -2.24. The number of nitriles is 2. The normalized spacial score (nSPS) is 13.1. The molecule has 2 aliphatic heterocycles. The Morgan fingerprint density at radius 1 is 0.412 bits per heavy atom. The fourth-order valence-corrected chi connectivity index (χ4v) is 15.8. The lowest BCUT2D eigenvalue weighted by Crippen LogP contribution is -2.54. The largest absolute Gasteiger partial charge is 0.435 e. The lowest BCUT2D eigenvalue weighted by molar-refractivity contribution is 0.0632. The number of oxazole rings is 2. The van der Waals surface area contributed by atoms with Gasteiger partial charge in [0.05, 0.1) is 44.1 Å². The highest BCUT2D eigenvalue weighted by Gasteiger charge is 2.41. The van der Waals surface area contributed by atoms with Gasteiger partial charge in [0.1, 0.15) is 45.8 Å². The van der Waals surface area contributed by atoms with Crippen LogP contribution >= 0.6 is 0 Å². The Bertz CT molecular complexity index is 5790. The standard InChI is InChI=1S/C92H74B2N10O10/c1-5-99(6-2)51-25-53-101-87(105)69-49-43-61(55-71(69)89(101)107)91(109)111-67-45-39-59(40-46-67)81-79-80(84(74(58-96)86-98-76-36-22-24-38-78(76)114-86)103(81)93(63-27-13-9-14-28-63)64-29-15-10-16-30-64)82(60-41-47-68(48-42-60)112-92(110)62-44-50-70-72(56-62)90(108)102(88(70)106)54-26-52-100(7-3)8-4)104(94(65-31-17-11-18-32-65)66-33-19-12-20-34-66)83(79)73(57-95)85-97-75-35-21-23-37-77(75)113-85/h9-24,27-50,55-56H,5-8,25-26,51-54H2,1-4H3/b83-73-,84-74-. The maximum absolute atomic E-state index is 14.6. The third kappa shape index (κ3) is 13.8. The Morgan fingerprint density at radius 2 is 0.737 bits per heavy atom. The summed E-state index contributed by atoms with van der Waals surface area (Å²) in [5.41, 5.74) is 7.46. The van der Waals surface area contributed by atoms with E-state index in [1.54, 1.807) is 72.8 Å². The topological polar surface area (TPSA) is 243 Å². The van der Waals surface area contributed by atoms with Gasteiger partial charge >= 0.3 is 25.6 Å². The van der Waals surface area contributed by atoms with Gasteiger partial charge in [-0.2, -0.15) is 10.5 Å². The number of nitrogens with zero attached hydrogens (tertiary/aromatic N) is 10. The molecule has 0 aliphatic carbocycles. The zero-order valence-electron chi connectivity index (χ0n) is 63.0.